The minimum absolute atomic E-state index is 0.0229. The average Bonchev–Trinajstić information content (AvgIpc) is 3.18. The summed E-state index contributed by atoms with van der Waals surface area (Å²) in [5.74, 6) is -0.379. The number of nitrogens with zero attached hydrogens (tertiary/aromatic N) is 1. The summed E-state index contributed by atoms with van der Waals surface area (Å²) in [5, 5.41) is 0. The number of hydrogen-bond donors (Lipinski definition) is 1. The van der Waals surface area contributed by atoms with Gasteiger partial charge < -0.3 is 24.7 Å². The number of anilines is 1. The summed E-state index contributed by atoms with van der Waals surface area (Å²) in [7, 11) is 2.61. The molecule has 32 heavy (non-hydrogen) atoms. The number of cyclic esters (lactones) is 1. The molecule has 9 heteroatoms. The predicted octanol–water partition coefficient (Wildman–Crippen LogP) is 1.98. The van der Waals surface area contributed by atoms with Gasteiger partial charge in [0.2, 0.25) is 0 Å². The normalized spacial score (nSPS) is 15.3. The van der Waals surface area contributed by atoms with Crippen LogP contribution in [0.25, 0.3) is 0 Å². The first-order chi connectivity index (χ1) is 15.4. The van der Waals surface area contributed by atoms with Gasteiger partial charge in [-0.15, -0.1) is 0 Å². The van der Waals surface area contributed by atoms with Crippen LogP contribution in [-0.2, 0) is 43.2 Å². The Morgan fingerprint density at radius 3 is 2.34 bits per heavy atom. The van der Waals surface area contributed by atoms with Crippen LogP contribution in [-0.4, -0.2) is 51.5 Å². The molecule has 9 nitrogen and oxygen atoms in total. The highest BCUT2D eigenvalue weighted by atomic mass is 16.6. The first-order valence-corrected chi connectivity index (χ1v) is 10.1. The van der Waals surface area contributed by atoms with Crippen LogP contribution in [0.4, 0.5) is 10.5 Å². The predicted molar refractivity (Wildman–Crippen MR) is 115 cm³/mol. The molecule has 170 valence electrons. The number of hydrogen-bond acceptors (Lipinski definition) is 8. The number of carbonyl (C=O) groups excluding carboxylic acids is 3. The Labute approximate surface area is 186 Å². The molecule has 2 N–H and O–H groups in total. The van der Waals surface area contributed by atoms with Crippen molar-refractivity contribution in [2.45, 2.75) is 25.5 Å². The van der Waals surface area contributed by atoms with Crippen LogP contribution >= 0.6 is 0 Å². The first-order valence-electron chi connectivity index (χ1n) is 10.1. The lowest BCUT2D eigenvalue weighted by atomic mass is 10.0. The maximum absolute atomic E-state index is 12.3. The number of rotatable bonds is 9. The third kappa shape index (κ3) is 5.76. The van der Waals surface area contributed by atoms with E-state index in [2.05, 4.69) is 4.74 Å². The molecule has 1 aliphatic heterocycles. The molecule has 0 aromatic heterocycles. The van der Waals surface area contributed by atoms with Crippen LogP contribution < -0.4 is 15.4 Å². The molecule has 0 bridgehead atoms. The van der Waals surface area contributed by atoms with Crippen molar-refractivity contribution < 1.29 is 33.3 Å². The molecule has 3 rings (SSSR count). The van der Waals surface area contributed by atoms with E-state index in [0.29, 0.717) is 35.7 Å². The van der Waals surface area contributed by atoms with Crippen molar-refractivity contribution in [1.29, 1.82) is 0 Å². The van der Waals surface area contributed by atoms with Gasteiger partial charge in [0.1, 0.15) is 12.4 Å². The second-order valence-corrected chi connectivity index (χ2v) is 7.25. The highest BCUT2D eigenvalue weighted by molar-refractivity contribution is 5.89. The van der Waals surface area contributed by atoms with E-state index < -0.39 is 18.2 Å². The van der Waals surface area contributed by atoms with Crippen molar-refractivity contribution >= 4 is 23.7 Å². The van der Waals surface area contributed by atoms with E-state index in [1.807, 2.05) is 24.3 Å². The summed E-state index contributed by atoms with van der Waals surface area (Å²) < 4.78 is 20.7. The zero-order valence-corrected chi connectivity index (χ0v) is 18.0. The number of benzene rings is 2. The summed E-state index contributed by atoms with van der Waals surface area (Å²) >= 11 is 0. The SMILES string of the molecule is COC(=O)Cc1ccc(OCC2CN(c3ccc(CN)cc3)C(=O)O2)c(CC(=O)OC)c1. The zero-order valence-electron chi connectivity index (χ0n) is 18.0. The van der Waals surface area contributed by atoms with E-state index in [0.717, 1.165) is 5.56 Å². The second kappa shape index (κ2) is 10.6. The number of nitrogens with two attached hydrogens (primary N) is 1. The van der Waals surface area contributed by atoms with Crippen molar-refractivity contribution in [1.82, 2.24) is 0 Å². The van der Waals surface area contributed by atoms with Crippen molar-refractivity contribution in [2.24, 2.45) is 5.73 Å². The molecule has 1 heterocycles. The standard InChI is InChI=1S/C23H26N2O7/c1-29-21(26)10-16-5-8-20(17(9-16)11-22(27)30-2)31-14-19-13-25(23(28)32-19)18-6-3-15(12-24)4-7-18/h3-9,19H,10-14,24H2,1-2H3. The molecule has 1 unspecified atom stereocenters. The van der Waals surface area contributed by atoms with Crippen molar-refractivity contribution in [3.63, 3.8) is 0 Å². The van der Waals surface area contributed by atoms with Gasteiger partial charge in [0.15, 0.2) is 6.10 Å². The third-order valence-electron chi connectivity index (χ3n) is 5.05. The van der Waals surface area contributed by atoms with E-state index in [-0.39, 0.29) is 25.4 Å². The molecule has 0 spiro atoms. The summed E-state index contributed by atoms with van der Waals surface area (Å²) in [5.41, 5.74) is 8.55. The molecule has 1 saturated heterocycles. The Bertz CT molecular complexity index is 975. The molecule has 0 radical (unpaired) electrons. The summed E-state index contributed by atoms with van der Waals surface area (Å²) in [6, 6.07) is 12.5. The fraction of sp³-hybridized carbons (Fsp3) is 0.348. The number of carbonyl (C=O) groups is 3. The van der Waals surface area contributed by atoms with Crippen LogP contribution in [0.15, 0.2) is 42.5 Å². The minimum Gasteiger partial charge on any atom is -0.489 e. The lowest BCUT2D eigenvalue weighted by molar-refractivity contribution is -0.140. The molecule has 2 aromatic carbocycles. The Morgan fingerprint density at radius 1 is 1.03 bits per heavy atom. The Balaban J connectivity index is 1.67. The van der Waals surface area contributed by atoms with Crippen molar-refractivity contribution in [3.05, 3.63) is 59.2 Å². The van der Waals surface area contributed by atoms with E-state index in [9.17, 15) is 14.4 Å². The van der Waals surface area contributed by atoms with E-state index in [1.54, 1.807) is 18.2 Å². The maximum atomic E-state index is 12.3. The number of esters is 2. The van der Waals surface area contributed by atoms with Crippen molar-refractivity contribution in [3.8, 4) is 5.75 Å². The molecule has 1 fully saturated rings. The van der Waals surface area contributed by atoms with Gasteiger partial charge in [-0.3, -0.25) is 14.5 Å². The molecule has 1 atom stereocenters. The van der Waals surface area contributed by atoms with Crippen LogP contribution in [0.5, 0.6) is 5.75 Å². The molecule has 2 aromatic rings. The molecule has 0 saturated carbocycles. The van der Waals surface area contributed by atoms with Gasteiger partial charge in [-0.05, 0) is 29.3 Å². The highest BCUT2D eigenvalue weighted by Gasteiger charge is 2.33. The lowest BCUT2D eigenvalue weighted by Crippen LogP contribution is -2.26. The van der Waals surface area contributed by atoms with Crippen LogP contribution in [0, 0.1) is 0 Å². The Kier molecular flexibility index (Phi) is 7.67. The largest absolute Gasteiger partial charge is 0.489 e. The van der Waals surface area contributed by atoms with Gasteiger partial charge in [-0.1, -0.05) is 24.3 Å². The van der Waals surface area contributed by atoms with Gasteiger partial charge in [0.25, 0.3) is 0 Å². The van der Waals surface area contributed by atoms with Gasteiger partial charge in [-0.2, -0.15) is 0 Å². The molecule has 0 aliphatic carbocycles. The van der Waals surface area contributed by atoms with Crippen LogP contribution in [0.1, 0.15) is 16.7 Å². The van der Waals surface area contributed by atoms with E-state index in [1.165, 1.54) is 19.1 Å². The summed E-state index contributed by atoms with van der Waals surface area (Å²) in [6.45, 7) is 0.856. The lowest BCUT2D eigenvalue weighted by Gasteiger charge is -2.15. The summed E-state index contributed by atoms with van der Waals surface area (Å²) in [6.07, 6.45) is -0.895. The van der Waals surface area contributed by atoms with Gasteiger partial charge in [0.05, 0.1) is 33.6 Å². The Morgan fingerprint density at radius 2 is 1.69 bits per heavy atom. The number of ether oxygens (including phenoxy) is 4. The quantitative estimate of drug-likeness (QED) is 0.463. The smallest absolute Gasteiger partial charge is 0.414 e. The molecular weight excluding hydrogens is 416 g/mol. The van der Waals surface area contributed by atoms with Gasteiger partial charge >= 0.3 is 18.0 Å². The van der Waals surface area contributed by atoms with Crippen LogP contribution in [0.3, 0.4) is 0 Å². The second-order valence-electron chi connectivity index (χ2n) is 7.25. The monoisotopic (exact) mass is 442 g/mol. The topological polar surface area (TPSA) is 117 Å². The number of amides is 1. The third-order valence-corrected chi connectivity index (χ3v) is 5.05. The van der Waals surface area contributed by atoms with Crippen molar-refractivity contribution in [2.75, 3.05) is 32.3 Å². The molecule has 1 aliphatic rings. The van der Waals surface area contributed by atoms with E-state index in [4.69, 9.17) is 19.9 Å². The fourth-order valence-electron chi connectivity index (χ4n) is 3.30. The average molecular weight is 442 g/mol. The fourth-order valence-corrected chi connectivity index (χ4v) is 3.30. The first kappa shape index (κ1) is 23.1. The molecular formula is C23H26N2O7. The minimum atomic E-state index is -0.489. The highest BCUT2D eigenvalue weighted by Crippen LogP contribution is 2.25. The van der Waals surface area contributed by atoms with E-state index >= 15 is 0 Å². The van der Waals surface area contributed by atoms with Crippen LogP contribution in [0.2, 0.25) is 0 Å². The summed E-state index contributed by atoms with van der Waals surface area (Å²) in [4.78, 5) is 37.2. The maximum Gasteiger partial charge on any atom is 0.414 e. The molecule has 1 amide bonds. The Hall–Kier alpha value is -3.59. The zero-order chi connectivity index (χ0) is 23.1. The van der Waals surface area contributed by atoms with Gasteiger partial charge in [-0.25, -0.2) is 4.79 Å². The van der Waals surface area contributed by atoms with Gasteiger partial charge in [0, 0.05) is 17.8 Å². The number of methoxy groups -OCH3 is 2.